The van der Waals surface area contributed by atoms with Gasteiger partial charge in [0, 0.05) is 12.0 Å². The number of benzene rings is 1. The van der Waals surface area contributed by atoms with Crippen LogP contribution in [0.2, 0.25) is 0 Å². The average Bonchev–Trinajstić information content (AvgIpc) is 3.00. The summed E-state index contributed by atoms with van der Waals surface area (Å²) in [6.07, 6.45) is 2.07. The highest BCUT2D eigenvalue weighted by molar-refractivity contribution is 5.90. The molecule has 6 heteroatoms. The van der Waals surface area contributed by atoms with Gasteiger partial charge >= 0.3 is 0 Å². The standard InChI is InChI=1S/C19H24N4O2/c1-11(2)13-5-3-12(4-6-13)7-18(24)21-15-8-14(9-15)16-10-17(19(20)25)23-22-16/h3-6,10-11,14-15H,7-9H2,1-2H3,(H2,20,25)(H,21,24)(H,22,23)/t14-,15+. The number of nitrogens with zero attached hydrogens (tertiary/aromatic N) is 1. The highest BCUT2D eigenvalue weighted by atomic mass is 16.2. The van der Waals surface area contributed by atoms with Gasteiger partial charge in [-0.15, -0.1) is 0 Å². The van der Waals surface area contributed by atoms with E-state index >= 15 is 0 Å². The maximum atomic E-state index is 12.2. The van der Waals surface area contributed by atoms with Gasteiger partial charge in [0.1, 0.15) is 5.69 Å². The van der Waals surface area contributed by atoms with E-state index in [-0.39, 0.29) is 17.9 Å². The maximum absolute atomic E-state index is 12.2. The summed E-state index contributed by atoms with van der Waals surface area (Å²) in [7, 11) is 0. The van der Waals surface area contributed by atoms with Crippen LogP contribution in [0, 0.1) is 0 Å². The van der Waals surface area contributed by atoms with Crippen molar-refractivity contribution in [3.8, 4) is 0 Å². The smallest absolute Gasteiger partial charge is 0.266 e. The number of rotatable bonds is 6. The summed E-state index contributed by atoms with van der Waals surface area (Å²) in [5.74, 6) is 0.291. The summed E-state index contributed by atoms with van der Waals surface area (Å²) in [6.45, 7) is 4.31. The fourth-order valence-corrected chi connectivity index (χ4v) is 3.13. The number of carbonyl (C=O) groups excluding carboxylic acids is 2. The van der Waals surface area contributed by atoms with Crippen molar-refractivity contribution in [2.45, 2.75) is 51.0 Å². The molecular formula is C19H24N4O2. The van der Waals surface area contributed by atoms with Crippen LogP contribution in [0.1, 0.15) is 65.8 Å². The molecule has 2 aromatic rings. The Hall–Kier alpha value is -2.63. The largest absolute Gasteiger partial charge is 0.364 e. The van der Waals surface area contributed by atoms with Crippen molar-refractivity contribution in [3.63, 3.8) is 0 Å². The van der Waals surface area contributed by atoms with Gasteiger partial charge in [0.2, 0.25) is 5.91 Å². The normalized spacial score (nSPS) is 19.5. The molecule has 2 amide bonds. The van der Waals surface area contributed by atoms with Crippen LogP contribution >= 0.6 is 0 Å². The summed E-state index contributed by atoms with van der Waals surface area (Å²) in [5, 5.41) is 9.83. The molecule has 132 valence electrons. The quantitative estimate of drug-likeness (QED) is 0.751. The van der Waals surface area contributed by atoms with Crippen LogP contribution in [-0.4, -0.2) is 28.1 Å². The minimum absolute atomic E-state index is 0.0422. The first-order valence-corrected chi connectivity index (χ1v) is 8.65. The van der Waals surface area contributed by atoms with Crippen LogP contribution in [0.5, 0.6) is 0 Å². The maximum Gasteiger partial charge on any atom is 0.266 e. The zero-order valence-electron chi connectivity index (χ0n) is 14.6. The number of H-pyrrole nitrogens is 1. The van der Waals surface area contributed by atoms with Gasteiger partial charge in [-0.05, 0) is 36.0 Å². The number of aromatic amines is 1. The first-order valence-electron chi connectivity index (χ1n) is 8.65. The fraction of sp³-hybridized carbons (Fsp3) is 0.421. The Bertz CT molecular complexity index is 758. The number of carbonyl (C=O) groups is 2. The van der Waals surface area contributed by atoms with Crippen molar-refractivity contribution in [2.24, 2.45) is 5.73 Å². The van der Waals surface area contributed by atoms with Crippen molar-refractivity contribution in [1.29, 1.82) is 0 Å². The van der Waals surface area contributed by atoms with Crippen LogP contribution in [-0.2, 0) is 11.2 Å². The van der Waals surface area contributed by atoms with E-state index in [4.69, 9.17) is 5.73 Å². The van der Waals surface area contributed by atoms with E-state index in [9.17, 15) is 9.59 Å². The third-order valence-electron chi connectivity index (χ3n) is 4.80. The molecule has 1 aliphatic carbocycles. The summed E-state index contributed by atoms with van der Waals surface area (Å²) in [4.78, 5) is 23.3. The monoisotopic (exact) mass is 340 g/mol. The third kappa shape index (κ3) is 4.07. The van der Waals surface area contributed by atoms with Crippen molar-refractivity contribution < 1.29 is 9.59 Å². The highest BCUT2D eigenvalue weighted by Crippen LogP contribution is 2.36. The van der Waals surface area contributed by atoms with E-state index in [0.29, 0.717) is 18.0 Å². The molecule has 25 heavy (non-hydrogen) atoms. The minimum atomic E-state index is -0.508. The predicted octanol–water partition coefficient (Wildman–Crippen LogP) is 2.24. The molecule has 3 rings (SSSR count). The summed E-state index contributed by atoms with van der Waals surface area (Å²) >= 11 is 0. The molecule has 0 saturated heterocycles. The molecule has 0 aliphatic heterocycles. The Labute approximate surface area is 147 Å². The molecule has 1 saturated carbocycles. The number of aromatic nitrogens is 2. The molecule has 1 fully saturated rings. The summed E-state index contributed by atoms with van der Waals surface area (Å²) < 4.78 is 0. The van der Waals surface area contributed by atoms with E-state index in [0.717, 1.165) is 24.1 Å². The van der Waals surface area contributed by atoms with E-state index < -0.39 is 5.91 Å². The van der Waals surface area contributed by atoms with E-state index in [2.05, 4.69) is 41.5 Å². The fourth-order valence-electron chi connectivity index (χ4n) is 3.13. The molecular weight excluding hydrogens is 316 g/mol. The van der Waals surface area contributed by atoms with Gasteiger partial charge in [-0.2, -0.15) is 5.10 Å². The molecule has 4 N–H and O–H groups in total. The van der Waals surface area contributed by atoms with Gasteiger partial charge in [-0.25, -0.2) is 0 Å². The van der Waals surface area contributed by atoms with Crippen molar-refractivity contribution >= 4 is 11.8 Å². The predicted molar refractivity (Wildman–Crippen MR) is 95.2 cm³/mol. The Morgan fingerprint density at radius 2 is 1.96 bits per heavy atom. The molecule has 1 aliphatic rings. The Morgan fingerprint density at radius 1 is 1.28 bits per heavy atom. The van der Waals surface area contributed by atoms with Crippen molar-refractivity contribution in [2.75, 3.05) is 0 Å². The molecule has 1 aromatic carbocycles. The molecule has 1 aromatic heterocycles. The molecule has 0 radical (unpaired) electrons. The number of hydrogen-bond acceptors (Lipinski definition) is 3. The molecule has 0 spiro atoms. The SMILES string of the molecule is CC(C)c1ccc(CC(=O)N[C@H]2C[C@@H](c3cc(C(N)=O)[nH]n3)C2)cc1. The van der Waals surface area contributed by atoms with E-state index in [1.54, 1.807) is 6.07 Å². The highest BCUT2D eigenvalue weighted by Gasteiger charge is 2.33. The van der Waals surface area contributed by atoms with Crippen LogP contribution in [0.3, 0.4) is 0 Å². The lowest BCUT2D eigenvalue weighted by Crippen LogP contribution is -2.44. The lowest BCUT2D eigenvalue weighted by atomic mass is 9.78. The topological polar surface area (TPSA) is 101 Å². The second-order valence-corrected chi connectivity index (χ2v) is 7.08. The van der Waals surface area contributed by atoms with Crippen molar-refractivity contribution in [3.05, 3.63) is 52.8 Å². The third-order valence-corrected chi connectivity index (χ3v) is 4.80. The molecule has 0 bridgehead atoms. The van der Waals surface area contributed by atoms with Crippen LogP contribution in [0.15, 0.2) is 30.3 Å². The van der Waals surface area contributed by atoms with Gasteiger partial charge in [0.15, 0.2) is 0 Å². The lowest BCUT2D eigenvalue weighted by molar-refractivity contribution is -0.121. The van der Waals surface area contributed by atoms with E-state index in [1.807, 2.05) is 12.1 Å². The summed E-state index contributed by atoms with van der Waals surface area (Å²) in [6, 6.07) is 10.1. The first-order chi connectivity index (χ1) is 11.9. The minimum Gasteiger partial charge on any atom is -0.364 e. The van der Waals surface area contributed by atoms with Gasteiger partial charge in [0.25, 0.3) is 5.91 Å². The molecule has 1 heterocycles. The zero-order chi connectivity index (χ0) is 18.0. The van der Waals surface area contributed by atoms with Crippen LogP contribution < -0.4 is 11.1 Å². The number of nitrogens with one attached hydrogen (secondary N) is 2. The van der Waals surface area contributed by atoms with Crippen LogP contribution in [0.4, 0.5) is 0 Å². The van der Waals surface area contributed by atoms with Crippen molar-refractivity contribution in [1.82, 2.24) is 15.5 Å². The molecule has 0 atom stereocenters. The van der Waals surface area contributed by atoms with Crippen LogP contribution in [0.25, 0.3) is 0 Å². The lowest BCUT2D eigenvalue weighted by Gasteiger charge is -2.34. The molecule has 6 nitrogen and oxygen atoms in total. The Morgan fingerprint density at radius 3 is 2.52 bits per heavy atom. The number of nitrogens with two attached hydrogens (primary N) is 1. The number of hydrogen-bond donors (Lipinski definition) is 3. The average molecular weight is 340 g/mol. The number of primary amides is 1. The van der Waals surface area contributed by atoms with Gasteiger partial charge < -0.3 is 11.1 Å². The van der Waals surface area contributed by atoms with Gasteiger partial charge in [0.05, 0.1) is 12.1 Å². The number of amides is 2. The molecule has 0 unspecified atom stereocenters. The second-order valence-electron chi connectivity index (χ2n) is 7.08. The Balaban J connectivity index is 1.46. The van der Waals surface area contributed by atoms with Gasteiger partial charge in [-0.3, -0.25) is 14.7 Å². The first kappa shape index (κ1) is 17.2. The second kappa shape index (κ2) is 7.09. The van der Waals surface area contributed by atoms with E-state index in [1.165, 1.54) is 5.56 Å². The van der Waals surface area contributed by atoms with Gasteiger partial charge in [-0.1, -0.05) is 38.1 Å². The zero-order valence-corrected chi connectivity index (χ0v) is 14.6. The summed E-state index contributed by atoms with van der Waals surface area (Å²) in [5.41, 5.74) is 8.68. The Kier molecular flexibility index (Phi) is 4.88.